The first-order valence-electron chi connectivity index (χ1n) is 12.6. The van der Waals surface area contributed by atoms with E-state index in [9.17, 15) is 44.7 Å². The summed E-state index contributed by atoms with van der Waals surface area (Å²) >= 11 is 0. The molecule has 2 fully saturated rings. The molecule has 0 unspecified atom stereocenters. The lowest BCUT2D eigenvalue weighted by atomic mass is 10.0. The van der Waals surface area contributed by atoms with Crippen LogP contribution in [0.15, 0.2) is 0 Å². The van der Waals surface area contributed by atoms with Crippen LogP contribution in [0.5, 0.6) is 0 Å². The summed E-state index contributed by atoms with van der Waals surface area (Å²) in [5.41, 5.74) is 18.4. The largest absolute Gasteiger partial charge is 0.382 e. The zero-order chi connectivity index (χ0) is 27.7. The van der Waals surface area contributed by atoms with Gasteiger partial charge in [-0.05, 0) is 32.1 Å². The normalized spacial score (nSPS) is 18.6. The van der Waals surface area contributed by atoms with Gasteiger partial charge in [-0.3, -0.25) is 0 Å². The molecule has 12 nitrogen and oxygen atoms in total. The SMILES string of the molecule is [N-]=[N+]=C(CCS(=O)(=O)CCCS(=O)(=O)CCC(=[N+]=[N-])S(=O)(=O)C1CCCCC1)S(=O)(=O)C1CCCCC1. The second-order valence-corrected chi connectivity index (χ2v) is 18.8. The highest BCUT2D eigenvalue weighted by molar-refractivity contribution is 8.07. The molecule has 0 radical (unpaired) electrons. The fourth-order valence-corrected chi connectivity index (χ4v) is 11.5. The molecule has 0 aromatic carbocycles. The van der Waals surface area contributed by atoms with Crippen molar-refractivity contribution in [1.82, 2.24) is 0 Å². The maximum absolute atomic E-state index is 12.7. The molecule has 0 N–H and O–H groups in total. The highest BCUT2D eigenvalue weighted by atomic mass is 32.2. The van der Waals surface area contributed by atoms with Crippen LogP contribution in [0.1, 0.15) is 83.5 Å². The van der Waals surface area contributed by atoms with Crippen molar-refractivity contribution in [3.8, 4) is 0 Å². The summed E-state index contributed by atoms with van der Waals surface area (Å²) in [5, 5.41) is -2.56. The number of sulfone groups is 4. The van der Waals surface area contributed by atoms with Crippen molar-refractivity contribution < 1.29 is 43.3 Å². The van der Waals surface area contributed by atoms with Crippen molar-refractivity contribution >= 4 is 49.4 Å². The summed E-state index contributed by atoms with van der Waals surface area (Å²) in [4.78, 5) is 5.69. The second kappa shape index (κ2) is 13.6. The molecular weight excluding hydrogens is 565 g/mol. The Kier molecular flexibility index (Phi) is 11.7. The Balaban J connectivity index is 1.87. The van der Waals surface area contributed by atoms with Gasteiger partial charge in [0.2, 0.25) is 0 Å². The van der Waals surface area contributed by atoms with Crippen LogP contribution in [-0.2, 0) is 39.3 Å². The summed E-state index contributed by atoms with van der Waals surface area (Å²) in [5.74, 6) is -2.29. The summed E-state index contributed by atoms with van der Waals surface area (Å²) in [6.45, 7) is 0. The van der Waals surface area contributed by atoms with Crippen LogP contribution in [0.2, 0.25) is 0 Å². The van der Waals surface area contributed by atoms with Crippen LogP contribution < -0.4 is 0 Å². The van der Waals surface area contributed by atoms with Crippen molar-refractivity contribution in [3.63, 3.8) is 0 Å². The molecule has 2 saturated carbocycles. The fourth-order valence-electron chi connectivity index (χ4n) is 4.82. The predicted molar refractivity (Wildman–Crippen MR) is 140 cm³/mol. The molecule has 0 spiro atoms. The van der Waals surface area contributed by atoms with E-state index in [0.717, 1.165) is 38.5 Å². The van der Waals surface area contributed by atoms with E-state index in [2.05, 4.69) is 9.58 Å². The lowest BCUT2D eigenvalue weighted by molar-refractivity contribution is -0.00337. The number of rotatable bonds is 12. The van der Waals surface area contributed by atoms with Crippen molar-refractivity contribution in [3.05, 3.63) is 11.1 Å². The molecule has 37 heavy (non-hydrogen) atoms. The van der Waals surface area contributed by atoms with Crippen molar-refractivity contribution in [1.29, 1.82) is 0 Å². The van der Waals surface area contributed by atoms with Gasteiger partial charge in [0.15, 0.2) is 19.7 Å². The first-order valence-corrected chi connectivity index (χ1v) is 19.3. The second-order valence-electron chi connectivity index (χ2n) is 9.75. The van der Waals surface area contributed by atoms with Crippen LogP contribution in [0.4, 0.5) is 0 Å². The molecule has 2 aliphatic carbocycles. The maximum atomic E-state index is 12.7. The van der Waals surface area contributed by atoms with E-state index in [4.69, 9.17) is 0 Å². The highest BCUT2D eigenvalue weighted by Gasteiger charge is 2.39. The molecule has 0 aromatic heterocycles. The van der Waals surface area contributed by atoms with E-state index in [0.29, 0.717) is 25.7 Å². The average Bonchev–Trinajstić information content (AvgIpc) is 2.85. The summed E-state index contributed by atoms with van der Waals surface area (Å²) in [7, 11) is -15.5. The Morgan fingerprint density at radius 2 is 0.865 bits per heavy atom. The Hall–Kier alpha value is -1.44. The van der Waals surface area contributed by atoms with Gasteiger partial charge >= 0.3 is 10.1 Å². The monoisotopic (exact) mass is 600 g/mol. The standard InChI is InChI=1S/C21H36N4O8S4/c22-24-20(36(30,31)18-8-3-1-4-9-18)12-16-34(26,27)14-7-15-35(28,29)17-13-21(25-23)37(32,33)19-10-5-2-6-11-19/h18-19H,1-17H2. The van der Waals surface area contributed by atoms with Gasteiger partial charge in [0.05, 0.1) is 46.4 Å². The lowest BCUT2D eigenvalue weighted by Crippen LogP contribution is -2.32. The minimum Gasteiger partial charge on any atom is -0.360 e. The Morgan fingerprint density at radius 3 is 1.16 bits per heavy atom. The molecule has 0 heterocycles. The van der Waals surface area contributed by atoms with E-state index in [1.165, 1.54) is 0 Å². The molecule has 0 aliphatic heterocycles. The van der Waals surface area contributed by atoms with E-state index < -0.39 is 95.8 Å². The third-order valence-corrected chi connectivity index (χ3v) is 15.1. The van der Waals surface area contributed by atoms with E-state index in [1.54, 1.807) is 0 Å². The molecule has 0 amide bonds. The van der Waals surface area contributed by atoms with E-state index in [1.807, 2.05) is 0 Å². The Morgan fingerprint density at radius 1 is 0.541 bits per heavy atom. The van der Waals surface area contributed by atoms with Crippen LogP contribution in [0.3, 0.4) is 0 Å². The Labute approximate surface area is 220 Å². The topological polar surface area (TPSA) is 209 Å². The molecule has 2 rings (SSSR count). The van der Waals surface area contributed by atoms with Gasteiger partial charge in [0.25, 0.3) is 19.7 Å². The molecule has 0 atom stereocenters. The van der Waals surface area contributed by atoms with E-state index >= 15 is 0 Å². The third-order valence-electron chi connectivity index (χ3n) is 7.03. The molecule has 0 bridgehead atoms. The summed E-state index contributed by atoms with van der Waals surface area (Å²) in [6, 6.07) is 0. The molecule has 0 saturated heterocycles. The van der Waals surface area contributed by atoms with Crippen LogP contribution >= 0.6 is 0 Å². The van der Waals surface area contributed by atoms with E-state index in [-0.39, 0.29) is 6.42 Å². The van der Waals surface area contributed by atoms with Crippen molar-refractivity contribution in [2.75, 3.05) is 23.0 Å². The zero-order valence-electron chi connectivity index (χ0n) is 20.9. The summed E-state index contributed by atoms with van der Waals surface area (Å²) in [6.07, 6.45) is 5.19. The van der Waals surface area contributed by atoms with Gasteiger partial charge in [0.1, 0.15) is 0 Å². The minimum atomic E-state index is -3.92. The van der Waals surface area contributed by atoms with Gasteiger partial charge < -0.3 is 11.1 Å². The van der Waals surface area contributed by atoms with Crippen LogP contribution in [0, 0.1) is 0 Å². The zero-order valence-corrected chi connectivity index (χ0v) is 24.1. The average molecular weight is 601 g/mol. The lowest BCUT2D eigenvalue weighted by Gasteiger charge is -2.19. The van der Waals surface area contributed by atoms with Crippen molar-refractivity contribution in [2.45, 2.75) is 94.0 Å². The van der Waals surface area contributed by atoms with Gasteiger partial charge in [-0.1, -0.05) is 38.5 Å². The van der Waals surface area contributed by atoms with Gasteiger partial charge in [-0.2, -0.15) is 9.58 Å². The van der Waals surface area contributed by atoms with Crippen LogP contribution in [0.25, 0.3) is 11.1 Å². The number of hydrogen-bond acceptors (Lipinski definition) is 8. The summed E-state index contributed by atoms with van der Waals surface area (Å²) < 4.78 is 100. The molecule has 16 heteroatoms. The number of hydrogen-bond donors (Lipinski definition) is 0. The molecular formula is C21H36N4O8S4. The molecule has 0 aromatic rings. The number of nitrogens with zero attached hydrogens (tertiary/aromatic N) is 4. The van der Waals surface area contributed by atoms with Crippen molar-refractivity contribution in [2.24, 2.45) is 0 Å². The van der Waals surface area contributed by atoms with Crippen LogP contribution in [-0.4, -0.2) is 86.8 Å². The molecule has 2 aliphatic rings. The maximum Gasteiger partial charge on any atom is 0.382 e. The third kappa shape index (κ3) is 9.36. The van der Waals surface area contributed by atoms with Gasteiger partial charge in [-0.15, -0.1) is 0 Å². The smallest absolute Gasteiger partial charge is 0.360 e. The first kappa shape index (κ1) is 31.8. The molecule has 212 valence electrons. The quantitative estimate of drug-likeness (QED) is 0.139. The van der Waals surface area contributed by atoms with Gasteiger partial charge in [0, 0.05) is 0 Å². The fraction of sp³-hybridized carbons (Fsp3) is 0.905. The first-order chi connectivity index (χ1) is 17.2. The minimum absolute atomic E-state index is 0.271. The Bertz CT molecular complexity index is 1230. The van der Waals surface area contributed by atoms with Gasteiger partial charge in [-0.25, -0.2) is 33.7 Å². The highest BCUT2D eigenvalue weighted by Crippen LogP contribution is 2.26. The predicted octanol–water partition coefficient (Wildman–Crippen LogP) is 1.74.